The van der Waals surface area contributed by atoms with Crippen LogP contribution in [0.2, 0.25) is 0 Å². The Balaban J connectivity index is 1.75. The predicted octanol–water partition coefficient (Wildman–Crippen LogP) is 4.25. The lowest BCUT2D eigenvalue weighted by atomic mass is 9.81. The summed E-state index contributed by atoms with van der Waals surface area (Å²) >= 11 is 1.87. The molecule has 0 aliphatic heterocycles. The zero-order chi connectivity index (χ0) is 14.0. The predicted molar refractivity (Wildman–Crippen MR) is 87.3 cm³/mol. The fourth-order valence-corrected chi connectivity index (χ4v) is 4.19. The molecule has 1 N–H and O–H groups in total. The smallest absolute Gasteiger partial charge is 0.0944 e. The maximum absolute atomic E-state index is 4.83. The number of fused-ring (bicyclic) bond motifs is 1. The van der Waals surface area contributed by atoms with Gasteiger partial charge in [0.05, 0.1) is 15.2 Å². The van der Waals surface area contributed by atoms with Crippen LogP contribution in [0, 0.1) is 11.3 Å². The number of benzene rings is 1. The first-order valence-corrected chi connectivity index (χ1v) is 8.58. The molecule has 0 saturated heterocycles. The minimum atomic E-state index is 0.378. The summed E-state index contributed by atoms with van der Waals surface area (Å²) in [6, 6.07) is 8.49. The van der Waals surface area contributed by atoms with Gasteiger partial charge in [-0.25, -0.2) is 4.98 Å². The maximum atomic E-state index is 4.83. The first-order valence-electron chi connectivity index (χ1n) is 7.76. The molecule has 3 rings (SSSR count). The van der Waals surface area contributed by atoms with E-state index in [0.717, 1.165) is 30.9 Å². The number of nitrogens with one attached hydrogen (secondary N) is 1. The molecule has 0 amide bonds. The van der Waals surface area contributed by atoms with Crippen molar-refractivity contribution in [3.05, 3.63) is 29.3 Å². The SMILES string of the molecule is CCCNCC(C)(Cc1nc2ccccc2s1)C1CC1. The van der Waals surface area contributed by atoms with Crippen LogP contribution in [-0.2, 0) is 6.42 Å². The standard InChI is InChI=1S/C17H24N2S/c1-3-10-18-12-17(2,13-8-9-13)11-16-19-14-6-4-5-7-15(14)20-16/h4-7,13,18H,3,8-12H2,1-2H3. The van der Waals surface area contributed by atoms with Crippen molar-refractivity contribution in [2.24, 2.45) is 11.3 Å². The summed E-state index contributed by atoms with van der Waals surface area (Å²) in [5.74, 6) is 0.888. The van der Waals surface area contributed by atoms with Crippen LogP contribution in [0.5, 0.6) is 0 Å². The lowest BCUT2D eigenvalue weighted by molar-refractivity contribution is 0.256. The molecule has 1 aliphatic carbocycles. The van der Waals surface area contributed by atoms with Gasteiger partial charge in [0, 0.05) is 13.0 Å². The van der Waals surface area contributed by atoms with E-state index in [0.29, 0.717) is 5.41 Å². The molecule has 1 unspecified atom stereocenters. The quantitative estimate of drug-likeness (QED) is 0.770. The Morgan fingerprint density at radius 1 is 1.35 bits per heavy atom. The molecule has 1 heterocycles. The van der Waals surface area contributed by atoms with Gasteiger partial charge in [-0.1, -0.05) is 26.0 Å². The molecule has 0 bridgehead atoms. The Morgan fingerprint density at radius 3 is 2.85 bits per heavy atom. The molecule has 1 saturated carbocycles. The third-order valence-corrected chi connectivity index (χ3v) is 5.45. The van der Waals surface area contributed by atoms with Gasteiger partial charge in [-0.05, 0) is 49.3 Å². The molecule has 108 valence electrons. The van der Waals surface area contributed by atoms with Crippen LogP contribution in [0.25, 0.3) is 10.2 Å². The number of thiazole rings is 1. The number of para-hydroxylation sites is 1. The molecule has 2 nitrogen and oxygen atoms in total. The summed E-state index contributed by atoms with van der Waals surface area (Å²) in [5.41, 5.74) is 1.54. The van der Waals surface area contributed by atoms with Gasteiger partial charge in [0.2, 0.25) is 0 Å². The molecule has 1 aliphatic rings. The van der Waals surface area contributed by atoms with Crippen molar-refractivity contribution in [1.29, 1.82) is 0 Å². The summed E-state index contributed by atoms with van der Waals surface area (Å²) in [4.78, 5) is 4.83. The van der Waals surface area contributed by atoms with E-state index in [1.165, 1.54) is 29.0 Å². The van der Waals surface area contributed by atoms with Crippen LogP contribution in [0.1, 0.15) is 38.1 Å². The third kappa shape index (κ3) is 3.04. The first-order chi connectivity index (χ1) is 9.71. The van der Waals surface area contributed by atoms with E-state index in [9.17, 15) is 0 Å². The van der Waals surface area contributed by atoms with Gasteiger partial charge in [0.25, 0.3) is 0 Å². The van der Waals surface area contributed by atoms with Crippen LogP contribution in [-0.4, -0.2) is 18.1 Å². The minimum Gasteiger partial charge on any atom is -0.316 e. The van der Waals surface area contributed by atoms with Gasteiger partial charge in [-0.2, -0.15) is 0 Å². The fourth-order valence-electron chi connectivity index (χ4n) is 3.02. The second kappa shape index (κ2) is 5.82. The molecule has 1 aromatic carbocycles. The van der Waals surface area contributed by atoms with Crippen LogP contribution < -0.4 is 5.32 Å². The molecule has 2 aromatic rings. The second-order valence-electron chi connectivity index (χ2n) is 6.36. The lowest BCUT2D eigenvalue weighted by Crippen LogP contribution is -2.36. The van der Waals surface area contributed by atoms with Crippen molar-refractivity contribution in [3.63, 3.8) is 0 Å². The summed E-state index contributed by atoms with van der Waals surface area (Å²) in [7, 11) is 0. The fraction of sp³-hybridized carbons (Fsp3) is 0.588. The molecule has 1 aromatic heterocycles. The van der Waals surface area contributed by atoms with Gasteiger partial charge in [-0.15, -0.1) is 11.3 Å². The Labute approximate surface area is 125 Å². The van der Waals surface area contributed by atoms with E-state index in [4.69, 9.17) is 4.98 Å². The van der Waals surface area contributed by atoms with Crippen molar-refractivity contribution >= 4 is 21.6 Å². The van der Waals surface area contributed by atoms with Crippen LogP contribution in [0.15, 0.2) is 24.3 Å². The van der Waals surface area contributed by atoms with E-state index in [1.54, 1.807) is 0 Å². The van der Waals surface area contributed by atoms with Gasteiger partial charge in [-0.3, -0.25) is 0 Å². The highest BCUT2D eigenvalue weighted by atomic mass is 32.1. The highest BCUT2D eigenvalue weighted by Crippen LogP contribution is 2.47. The van der Waals surface area contributed by atoms with E-state index < -0.39 is 0 Å². The largest absolute Gasteiger partial charge is 0.316 e. The summed E-state index contributed by atoms with van der Waals surface area (Å²) in [5, 5.41) is 4.93. The highest BCUT2D eigenvalue weighted by Gasteiger charge is 2.41. The zero-order valence-electron chi connectivity index (χ0n) is 12.5. The summed E-state index contributed by atoms with van der Waals surface area (Å²) in [6.07, 6.45) is 5.13. The topological polar surface area (TPSA) is 24.9 Å². The number of hydrogen-bond donors (Lipinski definition) is 1. The molecule has 1 fully saturated rings. The molecule has 20 heavy (non-hydrogen) atoms. The third-order valence-electron chi connectivity index (χ3n) is 4.41. The average molecular weight is 288 g/mol. The number of aromatic nitrogens is 1. The maximum Gasteiger partial charge on any atom is 0.0944 e. The monoisotopic (exact) mass is 288 g/mol. The molecule has 0 spiro atoms. The van der Waals surface area contributed by atoms with Crippen LogP contribution in [0.3, 0.4) is 0 Å². The van der Waals surface area contributed by atoms with Crippen molar-refractivity contribution in [1.82, 2.24) is 10.3 Å². The summed E-state index contributed by atoms with van der Waals surface area (Å²) in [6.45, 7) is 6.93. The summed E-state index contributed by atoms with van der Waals surface area (Å²) < 4.78 is 1.32. The van der Waals surface area contributed by atoms with Gasteiger partial charge in [0.15, 0.2) is 0 Å². The number of rotatable bonds is 7. The highest BCUT2D eigenvalue weighted by molar-refractivity contribution is 7.18. The van der Waals surface area contributed by atoms with Crippen LogP contribution >= 0.6 is 11.3 Å². The van der Waals surface area contributed by atoms with Gasteiger partial charge in [0.1, 0.15) is 0 Å². The Morgan fingerprint density at radius 2 is 2.15 bits per heavy atom. The van der Waals surface area contributed by atoms with Crippen molar-refractivity contribution in [3.8, 4) is 0 Å². The number of nitrogens with zero attached hydrogens (tertiary/aromatic N) is 1. The molecule has 0 radical (unpaired) electrons. The van der Waals surface area contributed by atoms with E-state index >= 15 is 0 Å². The van der Waals surface area contributed by atoms with E-state index in [-0.39, 0.29) is 0 Å². The molecular formula is C17H24N2S. The molecular weight excluding hydrogens is 264 g/mol. The van der Waals surface area contributed by atoms with Gasteiger partial charge >= 0.3 is 0 Å². The van der Waals surface area contributed by atoms with Crippen molar-refractivity contribution in [2.75, 3.05) is 13.1 Å². The zero-order valence-corrected chi connectivity index (χ0v) is 13.3. The number of hydrogen-bond acceptors (Lipinski definition) is 3. The Kier molecular flexibility index (Phi) is 4.08. The molecule has 1 atom stereocenters. The normalized spacial score (nSPS) is 18.3. The molecule has 3 heteroatoms. The lowest BCUT2D eigenvalue weighted by Gasteiger charge is -2.29. The second-order valence-corrected chi connectivity index (χ2v) is 7.47. The van der Waals surface area contributed by atoms with E-state index in [2.05, 4.69) is 43.4 Å². The average Bonchev–Trinajstić information content (AvgIpc) is 3.21. The Bertz CT molecular complexity index is 540. The van der Waals surface area contributed by atoms with Gasteiger partial charge < -0.3 is 5.32 Å². The van der Waals surface area contributed by atoms with E-state index in [1.807, 2.05) is 11.3 Å². The minimum absolute atomic E-state index is 0.378. The van der Waals surface area contributed by atoms with Crippen molar-refractivity contribution < 1.29 is 0 Å². The Hall–Kier alpha value is -0.930. The van der Waals surface area contributed by atoms with Crippen LogP contribution in [0.4, 0.5) is 0 Å². The van der Waals surface area contributed by atoms with Crippen molar-refractivity contribution in [2.45, 2.75) is 39.5 Å². The first kappa shape index (κ1) is 14.0.